The van der Waals surface area contributed by atoms with E-state index in [4.69, 9.17) is 32.7 Å². The number of benzene rings is 4. The Morgan fingerprint density at radius 1 is 0.965 bits per heavy atom. The maximum absolute atomic E-state index is 15.0. The average Bonchev–Trinajstić information content (AvgIpc) is 3.61. The zero-order valence-corrected chi connectivity index (χ0v) is 33.7. The van der Waals surface area contributed by atoms with Gasteiger partial charge < -0.3 is 34.5 Å². The van der Waals surface area contributed by atoms with Crippen molar-refractivity contribution in [2.45, 2.75) is 45.2 Å². The first kappa shape index (κ1) is 39.5. The van der Waals surface area contributed by atoms with Gasteiger partial charge >= 0.3 is 12.1 Å². The van der Waals surface area contributed by atoms with Crippen LogP contribution in [0.1, 0.15) is 76.7 Å². The largest absolute Gasteiger partial charge is 0.465 e. The number of esters is 1. The average molecular weight is 807 g/mol. The molecule has 0 radical (unpaired) electrons. The first-order valence-electron chi connectivity index (χ1n) is 19.0. The second-order valence-electron chi connectivity index (χ2n) is 14.3. The molecule has 57 heavy (non-hydrogen) atoms. The van der Waals surface area contributed by atoms with Crippen molar-refractivity contribution in [3.63, 3.8) is 0 Å². The first-order valence-corrected chi connectivity index (χ1v) is 19.8. The van der Waals surface area contributed by atoms with Crippen molar-refractivity contribution in [2.75, 3.05) is 43.6 Å². The number of allylic oxidation sites excluding steroid dienone is 1. The van der Waals surface area contributed by atoms with Crippen LogP contribution in [-0.4, -0.2) is 72.1 Å². The smallest absolute Gasteiger partial charge is 0.410 e. The van der Waals surface area contributed by atoms with E-state index in [2.05, 4.69) is 33.6 Å². The first-order chi connectivity index (χ1) is 27.6. The minimum Gasteiger partial charge on any atom is -0.465 e. The van der Waals surface area contributed by atoms with Gasteiger partial charge in [0, 0.05) is 52.2 Å². The third-order valence-electron chi connectivity index (χ3n) is 10.9. The summed E-state index contributed by atoms with van der Waals surface area (Å²) in [5.74, 6) is -0.949. The van der Waals surface area contributed by atoms with E-state index in [1.165, 1.54) is 7.11 Å². The molecule has 2 N–H and O–H groups in total. The minimum absolute atomic E-state index is 0.0586. The monoisotopic (exact) mass is 805 g/mol. The molecule has 2 aliphatic heterocycles. The van der Waals surface area contributed by atoms with Gasteiger partial charge in [-0.15, -0.1) is 0 Å². The van der Waals surface area contributed by atoms with Gasteiger partial charge in [0.2, 0.25) is 0 Å². The number of methoxy groups -OCH3 is 1. The molecule has 1 aromatic heterocycles. The number of nitrogens with one attached hydrogen (secondary N) is 2. The zero-order chi connectivity index (χ0) is 40.2. The third kappa shape index (κ3) is 8.24. The Morgan fingerprint density at radius 3 is 2.37 bits per heavy atom. The topological polar surface area (TPSA) is 107 Å². The fourth-order valence-corrected chi connectivity index (χ4v) is 8.22. The Labute approximate surface area is 342 Å². The van der Waals surface area contributed by atoms with Crippen LogP contribution in [0.3, 0.4) is 0 Å². The van der Waals surface area contributed by atoms with Crippen LogP contribution in [0.2, 0.25) is 10.0 Å². The maximum Gasteiger partial charge on any atom is 0.410 e. The highest BCUT2D eigenvalue weighted by Gasteiger charge is 2.33. The Hall–Kier alpha value is -5.71. The summed E-state index contributed by atoms with van der Waals surface area (Å²) in [5, 5.41) is 5.11. The van der Waals surface area contributed by atoms with Crippen LogP contribution in [0.4, 0.5) is 16.2 Å². The molecule has 0 bridgehead atoms. The van der Waals surface area contributed by atoms with Crippen LogP contribution in [-0.2, 0) is 9.47 Å². The number of aromatic amines is 1. The predicted molar refractivity (Wildman–Crippen MR) is 228 cm³/mol. The fourth-order valence-electron chi connectivity index (χ4n) is 7.93. The summed E-state index contributed by atoms with van der Waals surface area (Å²) >= 11 is 12.8. The Kier molecular flexibility index (Phi) is 11.9. The van der Waals surface area contributed by atoms with Crippen molar-refractivity contribution in [1.82, 2.24) is 14.8 Å². The second-order valence-corrected chi connectivity index (χ2v) is 15.2. The van der Waals surface area contributed by atoms with Crippen LogP contribution < -0.4 is 10.2 Å². The molecular formula is C45H45Cl2N5O5. The molecule has 2 amide bonds. The van der Waals surface area contributed by atoms with E-state index in [0.29, 0.717) is 64.3 Å². The number of fused-ring (bicyclic) bond motifs is 1. The number of ether oxygens (including phenoxy) is 2. The molecule has 2 saturated heterocycles. The lowest BCUT2D eigenvalue weighted by atomic mass is 9.95. The summed E-state index contributed by atoms with van der Waals surface area (Å²) in [6.07, 6.45) is 3.78. The number of amides is 2. The normalized spacial score (nSPS) is 15.8. The van der Waals surface area contributed by atoms with Gasteiger partial charge in [0.15, 0.2) is 0 Å². The van der Waals surface area contributed by atoms with E-state index < -0.39 is 11.9 Å². The number of anilines is 2. The van der Waals surface area contributed by atoms with Crippen LogP contribution in [0, 0.1) is 0 Å². The van der Waals surface area contributed by atoms with E-state index in [1.54, 1.807) is 24.4 Å². The number of aromatic nitrogens is 1. The lowest BCUT2D eigenvalue weighted by Gasteiger charge is -2.40. The summed E-state index contributed by atoms with van der Waals surface area (Å²) in [5.41, 5.74) is 6.74. The number of halogens is 2. The van der Waals surface area contributed by atoms with Gasteiger partial charge in [-0.3, -0.25) is 4.79 Å². The summed E-state index contributed by atoms with van der Waals surface area (Å²) in [7, 11) is 1.33. The number of nitrogens with zero attached hydrogens (tertiary/aromatic N) is 3. The standard InChI is InChI=1S/C45H45Cl2N5O5/c1-5-51(29(3)31-12-15-33(46)16-13-31)42(28(2)30-10-7-6-8-11-30)40-36-18-17-34(47)27-37(36)48-41(40)43(53)49-38-26-32(44(54)56-4)14-19-39(38)50-23-20-35(21-24-50)52-22-9-25-57-45(52)55/h5-8,10-19,26-27,29,35,48H,1,9,20-25H2,2-4H3,(H,49,53)/b42-28+. The van der Waals surface area contributed by atoms with Crippen LogP contribution >= 0.6 is 23.2 Å². The van der Waals surface area contributed by atoms with Gasteiger partial charge in [-0.05, 0) is 98.5 Å². The number of cyclic esters (lactones) is 1. The molecule has 10 nitrogen and oxygen atoms in total. The SMILES string of the molecule is C=CN(/C(=C(\C)c1ccccc1)c1c(C(=O)Nc2cc(C(=O)OC)ccc2N2CCC(N3CCCOC3=O)CC2)[nH]c2cc(Cl)ccc12)C(C)c1ccc(Cl)cc1. The van der Waals surface area contributed by atoms with Crippen LogP contribution in [0.5, 0.6) is 0 Å². The molecule has 3 heterocycles. The summed E-state index contributed by atoms with van der Waals surface area (Å²) in [6, 6.07) is 28.2. The molecular weight excluding hydrogens is 761 g/mol. The fraction of sp³-hybridized carbons (Fsp3) is 0.267. The highest BCUT2D eigenvalue weighted by molar-refractivity contribution is 6.31. The molecule has 2 aliphatic rings. The van der Waals surface area contributed by atoms with E-state index in [9.17, 15) is 14.4 Å². The Morgan fingerprint density at radius 2 is 1.68 bits per heavy atom. The molecule has 0 aliphatic carbocycles. The highest BCUT2D eigenvalue weighted by Crippen LogP contribution is 2.42. The minimum atomic E-state index is -0.526. The number of H-pyrrole nitrogens is 1. The van der Waals surface area contributed by atoms with Crippen molar-refractivity contribution in [2.24, 2.45) is 0 Å². The summed E-state index contributed by atoms with van der Waals surface area (Å²) < 4.78 is 10.4. The Balaban J connectivity index is 1.33. The van der Waals surface area contributed by atoms with E-state index >= 15 is 0 Å². The molecule has 12 heteroatoms. The van der Waals surface area contributed by atoms with Gasteiger partial charge in [0.25, 0.3) is 5.91 Å². The van der Waals surface area contributed by atoms with Gasteiger partial charge in [-0.1, -0.05) is 78.3 Å². The molecule has 1 unspecified atom stereocenters. The summed E-state index contributed by atoms with van der Waals surface area (Å²) in [4.78, 5) is 49.8. The quantitative estimate of drug-likeness (QED) is 0.128. The van der Waals surface area contributed by atoms with E-state index in [1.807, 2.05) is 84.6 Å². The van der Waals surface area contributed by atoms with Crippen molar-refractivity contribution in [1.29, 1.82) is 0 Å². The van der Waals surface area contributed by atoms with Crippen LogP contribution in [0.15, 0.2) is 104 Å². The van der Waals surface area contributed by atoms with Gasteiger partial charge in [0.05, 0.1) is 42.4 Å². The van der Waals surface area contributed by atoms with Crippen molar-refractivity contribution < 1.29 is 23.9 Å². The molecule has 2 fully saturated rings. The molecule has 1 atom stereocenters. The van der Waals surface area contributed by atoms with Crippen molar-refractivity contribution in [3.05, 3.63) is 142 Å². The lowest BCUT2D eigenvalue weighted by molar-refractivity contribution is 0.0499. The number of hydrogen-bond donors (Lipinski definition) is 2. The second kappa shape index (κ2) is 17.2. The van der Waals surface area contributed by atoms with Crippen LogP contribution in [0.25, 0.3) is 22.2 Å². The zero-order valence-electron chi connectivity index (χ0n) is 32.2. The predicted octanol–water partition coefficient (Wildman–Crippen LogP) is 10.4. The van der Waals surface area contributed by atoms with Crippen molar-refractivity contribution in [3.8, 4) is 0 Å². The van der Waals surface area contributed by atoms with Gasteiger partial charge in [-0.25, -0.2) is 9.59 Å². The Bertz CT molecular complexity index is 2330. The van der Waals surface area contributed by atoms with E-state index in [0.717, 1.165) is 52.7 Å². The lowest BCUT2D eigenvalue weighted by Crippen LogP contribution is -2.50. The number of carbonyl (C=O) groups is 3. The number of hydrogen-bond acceptors (Lipinski definition) is 7. The van der Waals surface area contributed by atoms with Gasteiger partial charge in [-0.2, -0.15) is 0 Å². The number of piperidine rings is 1. The molecule has 7 rings (SSSR count). The van der Waals surface area contributed by atoms with Gasteiger partial charge in [0.1, 0.15) is 5.69 Å². The summed E-state index contributed by atoms with van der Waals surface area (Å²) in [6.45, 7) is 10.8. The third-order valence-corrected chi connectivity index (χ3v) is 11.4. The molecule has 5 aromatic rings. The molecule has 0 saturated carbocycles. The molecule has 0 spiro atoms. The maximum atomic E-state index is 15.0. The highest BCUT2D eigenvalue weighted by atomic mass is 35.5. The van der Waals surface area contributed by atoms with E-state index in [-0.39, 0.29) is 18.2 Å². The molecule has 294 valence electrons. The number of carbonyl (C=O) groups excluding carboxylic acids is 3. The number of rotatable bonds is 11. The van der Waals surface area contributed by atoms with Crippen molar-refractivity contribution >= 4 is 74.7 Å². The molecule has 4 aromatic carbocycles.